The van der Waals surface area contributed by atoms with Gasteiger partial charge in [-0.05, 0) is 23.8 Å². The molecule has 0 saturated heterocycles. The topological polar surface area (TPSA) is 122 Å². The normalized spacial score (nSPS) is 11.1. The highest BCUT2D eigenvalue weighted by Gasteiger charge is 2.10. The Kier molecular flexibility index (Phi) is 2.94. The lowest BCUT2D eigenvalue weighted by atomic mass is 10.2. The van der Waals surface area contributed by atoms with E-state index in [4.69, 9.17) is 15.9 Å². The van der Waals surface area contributed by atoms with Gasteiger partial charge in [-0.3, -0.25) is 4.98 Å². The lowest BCUT2D eigenvalue weighted by molar-refractivity contribution is 0.580. The Bertz CT molecular complexity index is 958. The molecule has 0 radical (unpaired) electrons. The molecule has 0 amide bonds. The third kappa shape index (κ3) is 2.35. The monoisotopic (exact) mass is 307 g/mol. The summed E-state index contributed by atoms with van der Waals surface area (Å²) >= 11 is 0. The van der Waals surface area contributed by atoms with Crippen LogP contribution in [0.1, 0.15) is 5.56 Å². The molecule has 0 aromatic carbocycles. The zero-order chi connectivity index (χ0) is 15.8. The van der Waals surface area contributed by atoms with E-state index in [0.29, 0.717) is 17.7 Å². The molecule has 4 aromatic heterocycles. The number of fused-ring (bicyclic) bond motifs is 1. The third-order valence-corrected chi connectivity index (χ3v) is 3.46. The van der Waals surface area contributed by atoms with E-state index in [0.717, 1.165) is 17.0 Å². The SMILES string of the molecule is Nc1nc(N)c2ncn(Cc3ccc(-c4ccco4)nc3)c2n1. The summed E-state index contributed by atoms with van der Waals surface area (Å²) < 4.78 is 7.18. The largest absolute Gasteiger partial charge is 0.463 e. The first-order valence-corrected chi connectivity index (χ1v) is 6.93. The molecule has 8 heteroatoms. The summed E-state index contributed by atoms with van der Waals surface area (Å²) in [5.41, 5.74) is 14.4. The van der Waals surface area contributed by atoms with E-state index in [-0.39, 0.29) is 11.8 Å². The molecule has 8 nitrogen and oxygen atoms in total. The number of anilines is 2. The average Bonchev–Trinajstić information content (AvgIpc) is 3.19. The van der Waals surface area contributed by atoms with E-state index in [1.165, 1.54) is 0 Å². The highest BCUT2D eigenvalue weighted by atomic mass is 16.3. The van der Waals surface area contributed by atoms with Crippen molar-refractivity contribution in [3.8, 4) is 11.5 Å². The van der Waals surface area contributed by atoms with E-state index in [1.807, 2.05) is 28.8 Å². The van der Waals surface area contributed by atoms with Crippen molar-refractivity contribution < 1.29 is 4.42 Å². The van der Waals surface area contributed by atoms with Crippen molar-refractivity contribution in [1.82, 2.24) is 24.5 Å². The highest BCUT2D eigenvalue weighted by molar-refractivity contribution is 5.82. The van der Waals surface area contributed by atoms with Crippen LogP contribution in [0.3, 0.4) is 0 Å². The minimum absolute atomic E-state index is 0.128. The van der Waals surface area contributed by atoms with Crippen molar-refractivity contribution in [2.24, 2.45) is 0 Å². The van der Waals surface area contributed by atoms with Gasteiger partial charge >= 0.3 is 0 Å². The maximum absolute atomic E-state index is 5.81. The first kappa shape index (κ1) is 13.3. The molecule has 4 rings (SSSR count). The second-order valence-corrected chi connectivity index (χ2v) is 5.04. The number of nitrogen functional groups attached to an aromatic ring is 2. The van der Waals surface area contributed by atoms with Gasteiger partial charge in [-0.2, -0.15) is 9.97 Å². The fourth-order valence-electron chi connectivity index (χ4n) is 2.38. The molecule has 0 aliphatic rings. The minimum atomic E-state index is 0.128. The number of rotatable bonds is 3. The van der Waals surface area contributed by atoms with Gasteiger partial charge in [0, 0.05) is 6.20 Å². The Morgan fingerprint density at radius 3 is 2.74 bits per heavy atom. The Balaban J connectivity index is 1.66. The molecule has 23 heavy (non-hydrogen) atoms. The van der Waals surface area contributed by atoms with Gasteiger partial charge in [0.25, 0.3) is 0 Å². The van der Waals surface area contributed by atoms with Crippen molar-refractivity contribution in [3.63, 3.8) is 0 Å². The maximum Gasteiger partial charge on any atom is 0.224 e. The van der Waals surface area contributed by atoms with Gasteiger partial charge in [0.05, 0.1) is 19.1 Å². The first-order chi connectivity index (χ1) is 11.2. The number of hydrogen-bond acceptors (Lipinski definition) is 7. The summed E-state index contributed by atoms with van der Waals surface area (Å²) in [7, 11) is 0. The molecule has 4 N–H and O–H groups in total. The predicted molar refractivity (Wildman–Crippen MR) is 85.2 cm³/mol. The molecule has 0 unspecified atom stereocenters. The molecule has 114 valence electrons. The average molecular weight is 307 g/mol. The standard InChI is InChI=1S/C15H13N7O/c16-13-12-14(21-15(17)20-13)22(8-19-12)7-9-3-4-10(18-6-9)11-2-1-5-23-11/h1-6,8H,7H2,(H4,16,17,20,21). The first-order valence-electron chi connectivity index (χ1n) is 6.93. The van der Waals surface area contributed by atoms with E-state index >= 15 is 0 Å². The van der Waals surface area contributed by atoms with Gasteiger partial charge in [0.15, 0.2) is 17.2 Å². The molecule has 0 saturated carbocycles. The van der Waals surface area contributed by atoms with Crippen LogP contribution in [0.25, 0.3) is 22.6 Å². The lowest BCUT2D eigenvalue weighted by Crippen LogP contribution is -2.04. The predicted octanol–water partition coefficient (Wildman–Crippen LogP) is 1.69. The zero-order valence-electron chi connectivity index (χ0n) is 12.0. The molecule has 0 bridgehead atoms. The van der Waals surface area contributed by atoms with Gasteiger partial charge < -0.3 is 20.5 Å². The smallest absolute Gasteiger partial charge is 0.224 e. The van der Waals surface area contributed by atoms with Crippen LogP contribution in [0.15, 0.2) is 47.5 Å². The fourth-order valence-corrected chi connectivity index (χ4v) is 2.38. The van der Waals surface area contributed by atoms with Crippen molar-refractivity contribution in [1.29, 1.82) is 0 Å². The minimum Gasteiger partial charge on any atom is -0.463 e. The number of imidazole rings is 1. The van der Waals surface area contributed by atoms with E-state index in [9.17, 15) is 0 Å². The van der Waals surface area contributed by atoms with Crippen molar-refractivity contribution in [2.45, 2.75) is 6.54 Å². The molecule has 0 aliphatic carbocycles. The van der Waals surface area contributed by atoms with Crippen LogP contribution < -0.4 is 11.5 Å². The number of nitrogens with two attached hydrogens (primary N) is 2. The Morgan fingerprint density at radius 1 is 1.09 bits per heavy atom. The van der Waals surface area contributed by atoms with Gasteiger partial charge in [-0.15, -0.1) is 0 Å². The summed E-state index contributed by atoms with van der Waals surface area (Å²) in [4.78, 5) is 16.8. The van der Waals surface area contributed by atoms with Crippen LogP contribution >= 0.6 is 0 Å². The van der Waals surface area contributed by atoms with Crippen LogP contribution in [-0.4, -0.2) is 24.5 Å². The van der Waals surface area contributed by atoms with Crippen LogP contribution in [0, 0.1) is 0 Å². The maximum atomic E-state index is 5.81. The number of hydrogen-bond donors (Lipinski definition) is 2. The second kappa shape index (κ2) is 5.09. The summed E-state index contributed by atoms with van der Waals surface area (Å²) in [6.07, 6.45) is 5.07. The molecular formula is C15H13N7O. The number of aromatic nitrogens is 5. The van der Waals surface area contributed by atoms with E-state index in [1.54, 1.807) is 18.8 Å². The highest BCUT2D eigenvalue weighted by Crippen LogP contribution is 2.20. The molecule has 0 atom stereocenters. The molecule has 0 spiro atoms. The van der Waals surface area contributed by atoms with E-state index < -0.39 is 0 Å². The summed E-state index contributed by atoms with van der Waals surface area (Å²) in [5, 5.41) is 0. The van der Waals surface area contributed by atoms with Crippen molar-refractivity contribution in [2.75, 3.05) is 11.5 Å². The number of nitrogens with zero attached hydrogens (tertiary/aromatic N) is 5. The van der Waals surface area contributed by atoms with Gasteiger partial charge in [-0.1, -0.05) is 6.07 Å². The molecule has 0 aliphatic heterocycles. The Hall–Kier alpha value is -3.42. The summed E-state index contributed by atoms with van der Waals surface area (Å²) in [6, 6.07) is 7.58. The number of pyridine rings is 1. The Morgan fingerprint density at radius 2 is 2.00 bits per heavy atom. The van der Waals surface area contributed by atoms with Crippen molar-refractivity contribution in [3.05, 3.63) is 48.6 Å². The summed E-state index contributed by atoms with van der Waals surface area (Å²) in [5.74, 6) is 1.14. The van der Waals surface area contributed by atoms with Gasteiger partial charge in [0.2, 0.25) is 5.95 Å². The molecular weight excluding hydrogens is 294 g/mol. The van der Waals surface area contributed by atoms with E-state index in [2.05, 4.69) is 19.9 Å². The van der Waals surface area contributed by atoms with Crippen molar-refractivity contribution >= 4 is 22.9 Å². The zero-order valence-corrected chi connectivity index (χ0v) is 12.0. The fraction of sp³-hybridized carbons (Fsp3) is 0.0667. The molecule has 0 fully saturated rings. The van der Waals surface area contributed by atoms with Gasteiger partial charge in [0.1, 0.15) is 11.2 Å². The molecule has 4 heterocycles. The quantitative estimate of drug-likeness (QED) is 0.590. The third-order valence-electron chi connectivity index (χ3n) is 3.46. The van der Waals surface area contributed by atoms with Crippen LogP contribution in [0.2, 0.25) is 0 Å². The van der Waals surface area contributed by atoms with Crippen LogP contribution in [0.5, 0.6) is 0 Å². The van der Waals surface area contributed by atoms with Gasteiger partial charge in [-0.25, -0.2) is 4.98 Å². The second-order valence-electron chi connectivity index (χ2n) is 5.04. The Labute approximate surface area is 130 Å². The molecule has 4 aromatic rings. The van der Waals surface area contributed by atoms with Crippen LogP contribution in [0.4, 0.5) is 11.8 Å². The lowest BCUT2D eigenvalue weighted by Gasteiger charge is -2.05. The van der Waals surface area contributed by atoms with Crippen LogP contribution in [-0.2, 0) is 6.54 Å². The number of furan rings is 1. The summed E-state index contributed by atoms with van der Waals surface area (Å²) in [6.45, 7) is 0.553.